The standard InChI is InChI=1S/C18H28N4O3/c1-4-13(5-2)15-10-14(25-22-15)11-20-18(19-6-3)21-12-16(23)17-8-7-9-24-17/h7-10,13,16,23H,4-6,11-12H2,1-3H3,(H2,19,20,21). The van der Waals surface area contributed by atoms with Gasteiger partial charge in [-0.05, 0) is 31.9 Å². The maximum Gasteiger partial charge on any atom is 0.191 e. The third-order valence-corrected chi connectivity index (χ3v) is 4.05. The van der Waals surface area contributed by atoms with Gasteiger partial charge in [-0.15, -0.1) is 0 Å². The molecule has 0 bridgehead atoms. The Morgan fingerprint density at radius 1 is 1.28 bits per heavy atom. The van der Waals surface area contributed by atoms with Gasteiger partial charge in [0.25, 0.3) is 0 Å². The molecule has 25 heavy (non-hydrogen) atoms. The lowest BCUT2D eigenvalue weighted by atomic mass is 9.99. The van der Waals surface area contributed by atoms with Crippen molar-refractivity contribution in [1.82, 2.24) is 15.8 Å². The Kier molecular flexibility index (Phi) is 7.53. The summed E-state index contributed by atoms with van der Waals surface area (Å²) >= 11 is 0. The molecule has 3 N–H and O–H groups in total. The van der Waals surface area contributed by atoms with Crippen molar-refractivity contribution in [3.63, 3.8) is 0 Å². The highest BCUT2D eigenvalue weighted by Crippen LogP contribution is 2.22. The van der Waals surface area contributed by atoms with Gasteiger partial charge in [-0.1, -0.05) is 19.0 Å². The average Bonchev–Trinajstić information content (AvgIpc) is 3.30. The maximum atomic E-state index is 10.1. The fourth-order valence-corrected chi connectivity index (χ4v) is 2.58. The molecule has 0 amide bonds. The van der Waals surface area contributed by atoms with E-state index in [1.54, 1.807) is 18.4 Å². The van der Waals surface area contributed by atoms with Crippen molar-refractivity contribution >= 4 is 5.96 Å². The van der Waals surface area contributed by atoms with Gasteiger partial charge in [-0.25, -0.2) is 4.99 Å². The van der Waals surface area contributed by atoms with Crippen molar-refractivity contribution in [2.75, 3.05) is 13.1 Å². The van der Waals surface area contributed by atoms with Crippen molar-refractivity contribution in [3.05, 3.63) is 41.7 Å². The number of nitrogens with one attached hydrogen (secondary N) is 2. The van der Waals surface area contributed by atoms with Crippen LogP contribution in [0, 0.1) is 0 Å². The molecule has 2 aromatic rings. The number of hydrogen-bond donors (Lipinski definition) is 3. The zero-order valence-corrected chi connectivity index (χ0v) is 15.2. The fourth-order valence-electron chi connectivity index (χ4n) is 2.58. The van der Waals surface area contributed by atoms with E-state index in [4.69, 9.17) is 8.94 Å². The van der Waals surface area contributed by atoms with Crippen molar-refractivity contribution in [3.8, 4) is 0 Å². The molecule has 7 nitrogen and oxygen atoms in total. The van der Waals surface area contributed by atoms with Gasteiger partial charge < -0.3 is 24.7 Å². The average molecular weight is 348 g/mol. The predicted octanol–water partition coefficient (Wildman–Crippen LogP) is 2.96. The summed E-state index contributed by atoms with van der Waals surface area (Å²) in [6.07, 6.45) is 2.89. The SMILES string of the molecule is CCNC(=NCc1cc(C(CC)CC)no1)NCC(O)c1ccco1. The minimum atomic E-state index is -0.731. The van der Waals surface area contributed by atoms with Gasteiger partial charge in [0.05, 0.1) is 18.5 Å². The largest absolute Gasteiger partial charge is 0.467 e. The summed E-state index contributed by atoms with van der Waals surface area (Å²) in [6, 6.07) is 5.46. The Hall–Kier alpha value is -2.28. The molecule has 0 radical (unpaired) electrons. The van der Waals surface area contributed by atoms with Gasteiger partial charge in [0.2, 0.25) is 0 Å². The third-order valence-electron chi connectivity index (χ3n) is 4.05. The minimum absolute atomic E-state index is 0.300. The number of furan rings is 1. The number of hydrogen-bond acceptors (Lipinski definition) is 5. The summed E-state index contributed by atoms with van der Waals surface area (Å²) in [7, 11) is 0. The topological polar surface area (TPSA) is 95.8 Å². The minimum Gasteiger partial charge on any atom is -0.467 e. The van der Waals surface area contributed by atoms with E-state index in [1.807, 2.05) is 13.0 Å². The molecule has 0 aliphatic rings. The highest BCUT2D eigenvalue weighted by Gasteiger charge is 2.13. The highest BCUT2D eigenvalue weighted by atomic mass is 16.5. The van der Waals surface area contributed by atoms with Gasteiger partial charge in [0.15, 0.2) is 11.7 Å². The van der Waals surface area contributed by atoms with Crippen LogP contribution in [0.15, 0.2) is 38.4 Å². The number of nitrogens with zero attached hydrogens (tertiary/aromatic N) is 2. The summed E-state index contributed by atoms with van der Waals surface area (Å²) < 4.78 is 10.6. The van der Waals surface area contributed by atoms with Crippen LogP contribution in [0.25, 0.3) is 0 Å². The van der Waals surface area contributed by atoms with Crippen LogP contribution in [0.3, 0.4) is 0 Å². The van der Waals surface area contributed by atoms with Crippen LogP contribution in [0.5, 0.6) is 0 Å². The normalized spacial score (nSPS) is 13.2. The molecule has 0 aliphatic heterocycles. The number of rotatable bonds is 9. The summed E-state index contributed by atoms with van der Waals surface area (Å²) in [5.74, 6) is 2.28. The van der Waals surface area contributed by atoms with E-state index in [0.717, 1.165) is 30.8 Å². The summed E-state index contributed by atoms with van der Waals surface area (Å²) in [6.45, 7) is 7.70. The van der Waals surface area contributed by atoms with Gasteiger partial charge in [-0.3, -0.25) is 0 Å². The van der Waals surface area contributed by atoms with E-state index in [-0.39, 0.29) is 0 Å². The number of aliphatic hydroxyl groups excluding tert-OH is 1. The first-order chi connectivity index (χ1) is 12.2. The molecule has 1 unspecified atom stereocenters. The van der Waals surface area contributed by atoms with Crippen LogP contribution >= 0.6 is 0 Å². The van der Waals surface area contributed by atoms with E-state index in [2.05, 4.69) is 34.6 Å². The second-order valence-electron chi connectivity index (χ2n) is 5.84. The Morgan fingerprint density at radius 2 is 2.08 bits per heavy atom. The first-order valence-electron chi connectivity index (χ1n) is 8.86. The zero-order valence-electron chi connectivity index (χ0n) is 15.2. The third kappa shape index (κ3) is 5.63. The van der Waals surface area contributed by atoms with Crippen molar-refractivity contribution in [1.29, 1.82) is 0 Å². The van der Waals surface area contributed by atoms with Crippen LogP contribution in [0.2, 0.25) is 0 Å². The molecule has 0 spiro atoms. The van der Waals surface area contributed by atoms with Crippen LogP contribution in [0.1, 0.15) is 62.8 Å². The summed E-state index contributed by atoms with van der Waals surface area (Å²) in [5.41, 5.74) is 0.987. The van der Waals surface area contributed by atoms with Crippen molar-refractivity contribution in [2.45, 2.75) is 52.2 Å². The molecular weight excluding hydrogens is 320 g/mol. The molecule has 138 valence electrons. The molecule has 7 heteroatoms. The molecule has 2 rings (SSSR count). The lowest BCUT2D eigenvalue weighted by Gasteiger charge is -2.13. The Morgan fingerprint density at radius 3 is 2.72 bits per heavy atom. The Balaban J connectivity index is 1.92. The molecule has 0 aliphatic carbocycles. The second kappa shape index (κ2) is 9.88. The van der Waals surface area contributed by atoms with E-state index < -0.39 is 6.10 Å². The van der Waals surface area contributed by atoms with E-state index in [1.165, 1.54) is 0 Å². The molecule has 1 atom stereocenters. The number of aliphatic hydroxyl groups is 1. The first kappa shape index (κ1) is 19.1. The lowest BCUT2D eigenvalue weighted by Crippen LogP contribution is -2.39. The molecule has 0 aromatic carbocycles. The molecule has 0 saturated carbocycles. The Labute approximate surface area is 148 Å². The maximum absolute atomic E-state index is 10.1. The number of aromatic nitrogens is 1. The van der Waals surface area contributed by atoms with Crippen LogP contribution in [-0.2, 0) is 6.54 Å². The fraction of sp³-hybridized carbons (Fsp3) is 0.556. The smallest absolute Gasteiger partial charge is 0.191 e. The lowest BCUT2D eigenvalue weighted by molar-refractivity contribution is 0.153. The quantitative estimate of drug-likeness (QED) is 0.476. The molecule has 0 saturated heterocycles. The second-order valence-corrected chi connectivity index (χ2v) is 5.84. The first-order valence-corrected chi connectivity index (χ1v) is 8.86. The predicted molar refractivity (Wildman–Crippen MR) is 96.3 cm³/mol. The van der Waals surface area contributed by atoms with Crippen molar-refractivity contribution < 1.29 is 14.0 Å². The monoisotopic (exact) mass is 348 g/mol. The highest BCUT2D eigenvalue weighted by molar-refractivity contribution is 5.79. The van der Waals surface area contributed by atoms with E-state index in [9.17, 15) is 5.11 Å². The van der Waals surface area contributed by atoms with Gasteiger partial charge in [0.1, 0.15) is 18.4 Å². The zero-order chi connectivity index (χ0) is 18.1. The summed E-state index contributed by atoms with van der Waals surface area (Å²) in [4.78, 5) is 4.48. The number of guanidine groups is 1. The van der Waals surface area contributed by atoms with Gasteiger partial charge >= 0.3 is 0 Å². The van der Waals surface area contributed by atoms with Crippen LogP contribution in [-0.4, -0.2) is 29.3 Å². The molecule has 0 fully saturated rings. The molecular formula is C18H28N4O3. The summed E-state index contributed by atoms with van der Waals surface area (Å²) in [5, 5.41) is 20.5. The Bertz CT molecular complexity index is 633. The molecule has 2 aromatic heterocycles. The van der Waals surface area contributed by atoms with Gasteiger partial charge in [-0.2, -0.15) is 0 Å². The van der Waals surface area contributed by atoms with Crippen LogP contribution < -0.4 is 10.6 Å². The van der Waals surface area contributed by atoms with E-state index >= 15 is 0 Å². The van der Waals surface area contributed by atoms with Crippen molar-refractivity contribution in [2.24, 2.45) is 4.99 Å². The van der Waals surface area contributed by atoms with Crippen LogP contribution in [0.4, 0.5) is 0 Å². The molecule has 2 heterocycles. The van der Waals surface area contributed by atoms with Gasteiger partial charge in [0, 0.05) is 18.5 Å². The van der Waals surface area contributed by atoms with E-state index in [0.29, 0.717) is 30.7 Å². The number of aliphatic imine (C=N–C) groups is 1.